The molecule has 20 heavy (non-hydrogen) atoms. The van der Waals surface area contributed by atoms with Gasteiger partial charge in [-0.05, 0) is 37.6 Å². The Morgan fingerprint density at radius 3 is 2.30 bits per heavy atom. The summed E-state index contributed by atoms with van der Waals surface area (Å²) >= 11 is 0. The zero-order valence-electron chi connectivity index (χ0n) is 11.7. The molecule has 0 spiro atoms. The summed E-state index contributed by atoms with van der Waals surface area (Å²) in [6.07, 6.45) is 0. The molecule has 0 amide bonds. The molecule has 2 aromatic carbocycles. The van der Waals surface area contributed by atoms with E-state index in [0.29, 0.717) is 5.82 Å². The minimum Gasteiger partial charge on any atom is -0.384 e. The van der Waals surface area contributed by atoms with Crippen molar-refractivity contribution in [3.63, 3.8) is 0 Å². The van der Waals surface area contributed by atoms with E-state index < -0.39 is 0 Å². The molecule has 0 aliphatic rings. The maximum Gasteiger partial charge on any atom is 0.127 e. The van der Waals surface area contributed by atoms with E-state index in [1.54, 1.807) is 4.68 Å². The normalized spacial score (nSPS) is 10.7. The lowest BCUT2D eigenvalue weighted by molar-refractivity contribution is 0.893. The largest absolute Gasteiger partial charge is 0.384 e. The molecule has 0 unspecified atom stereocenters. The first kappa shape index (κ1) is 12.5. The highest BCUT2D eigenvalue weighted by Crippen LogP contribution is 2.23. The number of hydrogen-bond donors (Lipinski definition) is 1. The zero-order valence-corrected chi connectivity index (χ0v) is 11.7. The SMILES string of the molecule is Cc1cccc(-c2cc(N)n(-c3cccc(C)c3)n2)c1. The van der Waals surface area contributed by atoms with Gasteiger partial charge in [-0.15, -0.1) is 0 Å². The molecule has 3 heteroatoms. The topological polar surface area (TPSA) is 43.8 Å². The van der Waals surface area contributed by atoms with Gasteiger partial charge in [0.15, 0.2) is 0 Å². The summed E-state index contributed by atoms with van der Waals surface area (Å²) in [5.41, 5.74) is 11.5. The molecule has 0 radical (unpaired) electrons. The lowest BCUT2D eigenvalue weighted by Gasteiger charge is -2.04. The first-order valence-electron chi connectivity index (χ1n) is 6.63. The van der Waals surface area contributed by atoms with E-state index >= 15 is 0 Å². The minimum absolute atomic E-state index is 0.645. The minimum atomic E-state index is 0.645. The molecule has 0 aliphatic heterocycles. The van der Waals surface area contributed by atoms with Crippen LogP contribution in [0.15, 0.2) is 54.6 Å². The Hall–Kier alpha value is -2.55. The lowest BCUT2D eigenvalue weighted by atomic mass is 10.1. The molecule has 3 aromatic rings. The summed E-state index contributed by atoms with van der Waals surface area (Å²) in [6, 6.07) is 18.3. The number of hydrogen-bond acceptors (Lipinski definition) is 2. The van der Waals surface area contributed by atoms with E-state index in [0.717, 1.165) is 16.9 Å². The van der Waals surface area contributed by atoms with Crippen molar-refractivity contribution in [3.05, 3.63) is 65.7 Å². The van der Waals surface area contributed by atoms with Gasteiger partial charge >= 0.3 is 0 Å². The molecule has 0 aliphatic carbocycles. The molecule has 1 heterocycles. The number of nitrogens with zero attached hydrogens (tertiary/aromatic N) is 2. The number of nitrogens with two attached hydrogens (primary N) is 1. The van der Waals surface area contributed by atoms with Crippen molar-refractivity contribution in [2.45, 2.75) is 13.8 Å². The Kier molecular flexibility index (Phi) is 3.03. The first-order valence-corrected chi connectivity index (χ1v) is 6.63. The fourth-order valence-corrected chi connectivity index (χ4v) is 2.31. The highest BCUT2D eigenvalue weighted by molar-refractivity contribution is 5.64. The molecule has 100 valence electrons. The predicted molar refractivity (Wildman–Crippen MR) is 82.9 cm³/mol. The van der Waals surface area contributed by atoms with E-state index in [-0.39, 0.29) is 0 Å². The molecular formula is C17H17N3. The van der Waals surface area contributed by atoms with Crippen LogP contribution in [0.25, 0.3) is 16.9 Å². The Labute approximate surface area is 118 Å². The second kappa shape index (κ2) is 4.85. The third kappa shape index (κ3) is 2.30. The van der Waals surface area contributed by atoms with Crippen LogP contribution in [-0.2, 0) is 0 Å². The number of benzene rings is 2. The highest BCUT2D eigenvalue weighted by Gasteiger charge is 2.09. The molecule has 3 nitrogen and oxygen atoms in total. The van der Waals surface area contributed by atoms with Crippen LogP contribution in [-0.4, -0.2) is 9.78 Å². The Morgan fingerprint density at radius 1 is 0.900 bits per heavy atom. The van der Waals surface area contributed by atoms with Gasteiger partial charge in [0, 0.05) is 11.6 Å². The van der Waals surface area contributed by atoms with E-state index in [9.17, 15) is 0 Å². The maximum absolute atomic E-state index is 6.10. The molecule has 0 bridgehead atoms. The smallest absolute Gasteiger partial charge is 0.127 e. The third-order valence-electron chi connectivity index (χ3n) is 3.30. The first-order chi connectivity index (χ1) is 9.63. The van der Waals surface area contributed by atoms with Gasteiger partial charge in [0.1, 0.15) is 5.82 Å². The van der Waals surface area contributed by atoms with Crippen LogP contribution in [0, 0.1) is 13.8 Å². The van der Waals surface area contributed by atoms with Crippen molar-refractivity contribution in [1.82, 2.24) is 9.78 Å². The van der Waals surface area contributed by atoms with E-state index in [2.05, 4.69) is 49.3 Å². The van der Waals surface area contributed by atoms with Gasteiger partial charge in [-0.25, -0.2) is 4.68 Å². The number of anilines is 1. The Morgan fingerprint density at radius 2 is 1.60 bits per heavy atom. The third-order valence-corrected chi connectivity index (χ3v) is 3.30. The second-order valence-electron chi connectivity index (χ2n) is 5.07. The second-order valence-corrected chi connectivity index (χ2v) is 5.07. The van der Waals surface area contributed by atoms with Gasteiger partial charge in [-0.3, -0.25) is 0 Å². The number of rotatable bonds is 2. The molecule has 0 atom stereocenters. The number of aromatic nitrogens is 2. The van der Waals surface area contributed by atoms with Crippen molar-refractivity contribution < 1.29 is 0 Å². The van der Waals surface area contributed by atoms with E-state index in [1.807, 2.05) is 24.3 Å². The summed E-state index contributed by atoms with van der Waals surface area (Å²) in [4.78, 5) is 0. The molecule has 0 fully saturated rings. The molecular weight excluding hydrogens is 246 g/mol. The predicted octanol–water partition coefficient (Wildman–Crippen LogP) is 3.74. The van der Waals surface area contributed by atoms with E-state index in [1.165, 1.54) is 11.1 Å². The number of nitrogen functional groups attached to an aromatic ring is 1. The van der Waals surface area contributed by atoms with Crippen molar-refractivity contribution in [1.29, 1.82) is 0 Å². The molecule has 0 saturated heterocycles. The van der Waals surface area contributed by atoms with Crippen LogP contribution >= 0.6 is 0 Å². The maximum atomic E-state index is 6.10. The van der Waals surface area contributed by atoms with Gasteiger partial charge in [-0.2, -0.15) is 5.10 Å². The van der Waals surface area contributed by atoms with Gasteiger partial charge in [-0.1, -0.05) is 35.9 Å². The van der Waals surface area contributed by atoms with Crippen LogP contribution < -0.4 is 5.73 Å². The van der Waals surface area contributed by atoms with Gasteiger partial charge in [0.25, 0.3) is 0 Å². The van der Waals surface area contributed by atoms with Crippen molar-refractivity contribution >= 4 is 5.82 Å². The highest BCUT2D eigenvalue weighted by atomic mass is 15.3. The van der Waals surface area contributed by atoms with Crippen LogP contribution in [0.5, 0.6) is 0 Å². The number of aryl methyl sites for hydroxylation is 2. The van der Waals surface area contributed by atoms with Crippen LogP contribution in [0.1, 0.15) is 11.1 Å². The van der Waals surface area contributed by atoms with E-state index in [4.69, 9.17) is 5.73 Å². The molecule has 3 rings (SSSR count). The summed E-state index contributed by atoms with van der Waals surface area (Å²) in [5, 5.41) is 4.62. The average molecular weight is 263 g/mol. The standard InChI is InChI=1S/C17H17N3/c1-12-5-3-7-14(9-12)16-11-17(18)20(19-16)15-8-4-6-13(2)10-15/h3-11H,18H2,1-2H3. The Balaban J connectivity index is 2.08. The molecule has 1 aromatic heterocycles. The van der Waals surface area contributed by atoms with Gasteiger partial charge < -0.3 is 5.73 Å². The van der Waals surface area contributed by atoms with Gasteiger partial charge in [0.2, 0.25) is 0 Å². The quantitative estimate of drug-likeness (QED) is 0.765. The molecule has 2 N–H and O–H groups in total. The average Bonchev–Trinajstić information content (AvgIpc) is 2.81. The summed E-state index contributed by atoms with van der Waals surface area (Å²) < 4.78 is 1.78. The van der Waals surface area contributed by atoms with Crippen molar-refractivity contribution in [2.75, 3.05) is 5.73 Å². The fourth-order valence-electron chi connectivity index (χ4n) is 2.31. The Bertz CT molecular complexity index is 756. The van der Waals surface area contributed by atoms with Crippen molar-refractivity contribution in [3.8, 4) is 16.9 Å². The fraction of sp³-hybridized carbons (Fsp3) is 0.118. The summed E-state index contributed by atoms with van der Waals surface area (Å²) in [5.74, 6) is 0.645. The van der Waals surface area contributed by atoms with Crippen LogP contribution in [0.2, 0.25) is 0 Å². The van der Waals surface area contributed by atoms with Crippen LogP contribution in [0.3, 0.4) is 0 Å². The van der Waals surface area contributed by atoms with Crippen LogP contribution in [0.4, 0.5) is 5.82 Å². The monoisotopic (exact) mass is 263 g/mol. The molecule has 0 saturated carbocycles. The lowest BCUT2D eigenvalue weighted by Crippen LogP contribution is -2.01. The summed E-state index contributed by atoms with van der Waals surface area (Å²) in [7, 11) is 0. The van der Waals surface area contributed by atoms with Gasteiger partial charge in [0.05, 0.1) is 11.4 Å². The zero-order chi connectivity index (χ0) is 14.1. The van der Waals surface area contributed by atoms with Crippen molar-refractivity contribution in [2.24, 2.45) is 0 Å². The summed E-state index contributed by atoms with van der Waals surface area (Å²) in [6.45, 7) is 4.13.